The van der Waals surface area contributed by atoms with Crippen molar-refractivity contribution in [1.29, 1.82) is 0 Å². The summed E-state index contributed by atoms with van der Waals surface area (Å²) in [5.74, 6) is -0.405. The zero-order chi connectivity index (χ0) is 11.9. The van der Waals surface area contributed by atoms with Crippen molar-refractivity contribution >= 4 is 11.7 Å². The topological polar surface area (TPSA) is 66.4 Å². The lowest BCUT2D eigenvalue weighted by atomic mass is 9.83. The fourth-order valence-electron chi connectivity index (χ4n) is 1.35. The molecule has 1 amide bonds. The van der Waals surface area contributed by atoms with E-state index in [4.69, 9.17) is 0 Å². The largest absolute Gasteiger partial charge is 0.396 e. The number of hydrogen-bond donors (Lipinski definition) is 2. The van der Waals surface area contributed by atoms with E-state index in [2.05, 4.69) is 5.32 Å². The summed E-state index contributed by atoms with van der Waals surface area (Å²) in [4.78, 5) is 21.9. The van der Waals surface area contributed by atoms with Gasteiger partial charge in [0.05, 0.1) is 13.0 Å². The summed E-state index contributed by atoms with van der Waals surface area (Å²) < 4.78 is 0. The van der Waals surface area contributed by atoms with Crippen molar-refractivity contribution < 1.29 is 14.7 Å². The summed E-state index contributed by atoms with van der Waals surface area (Å²) in [5, 5.41) is 11.9. The second-order valence-corrected chi connectivity index (χ2v) is 4.02. The van der Waals surface area contributed by atoms with Gasteiger partial charge in [0.2, 0.25) is 5.91 Å². The van der Waals surface area contributed by atoms with Crippen LogP contribution in [0.25, 0.3) is 0 Å². The highest BCUT2D eigenvalue weighted by atomic mass is 16.3. The number of amides is 1. The highest BCUT2D eigenvalue weighted by Gasteiger charge is 2.25. The van der Waals surface area contributed by atoms with E-state index >= 15 is 0 Å². The van der Waals surface area contributed by atoms with Crippen LogP contribution in [-0.4, -0.2) is 29.9 Å². The highest BCUT2D eigenvalue weighted by Crippen LogP contribution is 2.24. The van der Waals surface area contributed by atoms with Crippen LogP contribution in [0.3, 0.4) is 0 Å². The Bertz CT molecular complexity index is 214. The molecule has 4 nitrogen and oxygen atoms in total. The SMILES string of the molecule is CCC(CC)(CO)CNC(=O)CC(C)=O. The fraction of sp³-hybridized carbons (Fsp3) is 0.818. The first kappa shape index (κ1) is 14.1. The van der Waals surface area contributed by atoms with Gasteiger partial charge in [0.1, 0.15) is 5.78 Å². The summed E-state index contributed by atoms with van der Waals surface area (Å²) in [6.45, 7) is 5.84. The molecule has 0 aliphatic carbocycles. The maximum atomic E-state index is 11.2. The number of ketones is 1. The summed E-state index contributed by atoms with van der Waals surface area (Å²) in [7, 11) is 0. The number of Topliss-reactive ketones (excluding diaryl/α,β-unsaturated/α-hetero) is 1. The van der Waals surface area contributed by atoms with Crippen LogP contribution in [-0.2, 0) is 9.59 Å². The smallest absolute Gasteiger partial charge is 0.227 e. The van der Waals surface area contributed by atoms with Crippen molar-refractivity contribution in [1.82, 2.24) is 5.32 Å². The van der Waals surface area contributed by atoms with E-state index in [1.54, 1.807) is 0 Å². The van der Waals surface area contributed by atoms with E-state index in [0.29, 0.717) is 6.54 Å². The third-order valence-corrected chi connectivity index (χ3v) is 2.91. The minimum Gasteiger partial charge on any atom is -0.396 e. The number of hydrogen-bond acceptors (Lipinski definition) is 3. The highest BCUT2D eigenvalue weighted by molar-refractivity contribution is 5.96. The van der Waals surface area contributed by atoms with E-state index in [1.165, 1.54) is 6.92 Å². The zero-order valence-corrected chi connectivity index (χ0v) is 9.80. The van der Waals surface area contributed by atoms with Crippen molar-refractivity contribution in [3.63, 3.8) is 0 Å². The Kier molecular flexibility index (Phi) is 6.17. The molecular formula is C11H21NO3. The normalized spacial score (nSPS) is 11.2. The van der Waals surface area contributed by atoms with Gasteiger partial charge in [-0.1, -0.05) is 13.8 Å². The van der Waals surface area contributed by atoms with E-state index in [1.807, 2.05) is 13.8 Å². The molecule has 0 unspecified atom stereocenters. The Morgan fingerprint density at radius 3 is 2.13 bits per heavy atom. The number of aliphatic hydroxyl groups is 1. The molecule has 0 atom stereocenters. The van der Waals surface area contributed by atoms with Crippen molar-refractivity contribution in [3.8, 4) is 0 Å². The van der Waals surface area contributed by atoms with Gasteiger partial charge < -0.3 is 10.4 Å². The lowest BCUT2D eigenvalue weighted by molar-refractivity contribution is -0.127. The van der Waals surface area contributed by atoms with E-state index in [9.17, 15) is 14.7 Å². The van der Waals surface area contributed by atoms with E-state index in [-0.39, 0.29) is 30.1 Å². The van der Waals surface area contributed by atoms with Gasteiger partial charge >= 0.3 is 0 Å². The number of rotatable bonds is 7. The first-order chi connectivity index (χ1) is 6.99. The minimum atomic E-state index is -0.262. The van der Waals surface area contributed by atoms with Crippen molar-refractivity contribution in [2.45, 2.75) is 40.0 Å². The predicted molar refractivity (Wildman–Crippen MR) is 58.4 cm³/mol. The lowest BCUT2D eigenvalue weighted by Crippen LogP contribution is -2.39. The molecular weight excluding hydrogens is 194 g/mol. The molecule has 0 bridgehead atoms. The van der Waals surface area contributed by atoms with Crippen LogP contribution in [0.1, 0.15) is 40.0 Å². The molecule has 0 aromatic carbocycles. The predicted octanol–water partition coefficient (Wildman–Crippen LogP) is 0.880. The molecule has 2 N–H and O–H groups in total. The quantitative estimate of drug-likeness (QED) is 0.619. The van der Waals surface area contributed by atoms with E-state index in [0.717, 1.165) is 12.8 Å². The maximum Gasteiger partial charge on any atom is 0.227 e. The Morgan fingerprint density at radius 1 is 1.27 bits per heavy atom. The first-order valence-corrected chi connectivity index (χ1v) is 5.36. The van der Waals surface area contributed by atoms with Crippen LogP contribution in [0.15, 0.2) is 0 Å². The average Bonchev–Trinajstić information content (AvgIpc) is 2.20. The Morgan fingerprint density at radius 2 is 1.80 bits per heavy atom. The van der Waals surface area contributed by atoms with Gasteiger partial charge in [-0.3, -0.25) is 9.59 Å². The van der Waals surface area contributed by atoms with Crippen LogP contribution in [0, 0.1) is 5.41 Å². The molecule has 0 fully saturated rings. The first-order valence-electron chi connectivity index (χ1n) is 5.36. The molecule has 0 saturated heterocycles. The molecule has 0 aromatic rings. The standard InChI is InChI=1S/C11H21NO3/c1-4-11(5-2,8-13)7-12-10(15)6-9(3)14/h13H,4-8H2,1-3H3,(H,12,15). The second-order valence-electron chi connectivity index (χ2n) is 4.02. The van der Waals surface area contributed by atoms with Gasteiger partial charge in [0, 0.05) is 12.0 Å². The maximum absolute atomic E-state index is 11.2. The van der Waals surface area contributed by atoms with Crippen LogP contribution < -0.4 is 5.32 Å². The van der Waals surface area contributed by atoms with Crippen molar-refractivity contribution in [2.75, 3.05) is 13.2 Å². The lowest BCUT2D eigenvalue weighted by Gasteiger charge is -2.29. The molecule has 0 radical (unpaired) electrons. The van der Waals surface area contributed by atoms with Crippen LogP contribution >= 0.6 is 0 Å². The molecule has 0 heterocycles. The molecule has 15 heavy (non-hydrogen) atoms. The molecule has 0 aliphatic rings. The summed E-state index contributed by atoms with van der Waals surface area (Å²) >= 11 is 0. The third kappa shape index (κ3) is 4.93. The molecule has 0 spiro atoms. The molecule has 0 aliphatic heterocycles. The number of carbonyl (C=O) groups excluding carboxylic acids is 2. The van der Waals surface area contributed by atoms with Crippen LogP contribution in [0.2, 0.25) is 0 Å². The monoisotopic (exact) mass is 215 g/mol. The summed E-state index contributed by atoms with van der Waals surface area (Å²) in [6.07, 6.45) is 1.54. The molecule has 0 aromatic heterocycles. The van der Waals surface area contributed by atoms with Gasteiger partial charge in [-0.25, -0.2) is 0 Å². The van der Waals surface area contributed by atoms with Crippen LogP contribution in [0.5, 0.6) is 0 Å². The van der Waals surface area contributed by atoms with Gasteiger partial charge in [0.25, 0.3) is 0 Å². The second kappa shape index (κ2) is 6.56. The number of aliphatic hydroxyl groups excluding tert-OH is 1. The molecule has 0 saturated carbocycles. The summed E-state index contributed by atoms with van der Waals surface area (Å²) in [6, 6.07) is 0. The summed E-state index contributed by atoms with van der Waals surface area (Å²) in [5.41, 5.74) is -0.244. The van der Waals surface area contributed by atoms with Crippen molar-refractivity contribution in [3.05, 3.63) is 0 Å². The number of carbonyl (C=O) groups is 2. The Labute approximate surface area is 91.1 Å². The van der Waals surface area contributed by atoms with Crippen molar-refractivity contribution in [2.24, 2.45) is 5.41 Å². The van der Waals surface area contributed by atoms with Gasteiger partial charge in [0.15, 0.2) is 0 Å². The third-order valence-electron chi connectivity index (χ3n) is 2.91. The zero-order valence-electron chi connectivity index (χ0n) is 9.80. The van der Waals surface area contributed by atoms with Gasteiger partial charge in [-0.05, 0) is 19.8 Å². The minimum absolute atomic E-state index is 0.0559. The molecule has 0 rings (SSSR count). The Balaban J connectivity index is 4.10. The van der Waals surface area contributed by atoms with E-state index < -0.39 is 0 Å². The van der Waals surface area contributed by atoms with Gasteiger partial charge in [-0.2, -0.15) is 0 Å². The molecule has 88 valence electrons. The average molecular weight is 215 g/mol. The van der Waals surface area contributed by atoms with Crippen LogP contribution in [0.4, 0.5) is 0 Å². The van der Waals surface area contributed by atoms with Gasteiger partial charge in [-0.15, -0.1) is 0 Å². The fourth-order valence-corrected chi connectivity index (χ4v) is 1.35. The Hall–Kier alpha value is -0.900. The molecule has 4 heteroatoms. The number of nitrogens with one attached hydrogen (secondary N) is 1.